The summed E-state index contributed by atoms with van der Waals surface area (Å²) in [5, 5.41) is 7.09. The molecule has 5 nitrogen and oxygen atoms in total. The van der Waals surface area contributed by atoms with Crippen LogP contribution in [0.1, 0.15) is 17.0 Å². The molecule has 5 heteroatoms. The first kappa shape index (κ1) is 14.1. The number of carbonyl (C=O) groups is 1. The molecule has 0 unspecified atom stereocenters. The van der Waals surface area contributed by atoms with Crippen LogP contribution in [0.5, 0.6) is 5.75 Å². The maximum absolute atomic E-state index is 11.9. The lowest BCUT2D eigenvalue weighted by molar-refractivity contribution is -0.118. The van der Waals surface area contributed by atoms with E-state index in [-0.39, 0.29) is 12.5 Å². The maximum atomic E-state index is 11.9. The number of nitrogens with one attached hydrogen (secondary N) is 1. The van der Waals surface area contributed by atoms with Gasteiger partial charge in [0.2, 0.25) is 0 Å². The molecule has 0 atom stereocenters. The molecule has 0 fully saturated rings. The Morgan fingerprint density at radius 1 is 1.35 bits per heavy atom. The van der Waals surface area contributed by atoms with E-state index in [1.54, 1.807) is 4.68 Å². The molecule has 0 radical (unpaired) electrons. The molecule has 0 aliphatic heterocycles. The minimum Gasteiger partial charge on any atom is -0.484 e. The van der Waals surface area contributed by atoms with Crippen molar-refractivity contribution in [2.75, 3.05) is 11.9 Å². The summed E-state index contributed by atoms with van der Waals surface area (Å²) in [5.41, 5.74) is 3.58. The van der Waals surface area contributed by atoms with E-state index in [4.69, 9.17) is 4.74 Å². The quantitative estimate of drug-likeness (QED) is 0.930. The summed E-state index contributed by atoms with van der Waals surface area (Å²) in [6, 6.07) is 7.61. The van der Waals surface area contributed by atoms with Crippen LogP contribution in [0.15, 0.2) is 24.3 Å². The monoisotopic (exact) mass is 273 g/mol. The van der Waals surface area contributed by atoms with E-state index in [0.717, 1.165) is 22.6 Å². The third-order valence-corrected chi connectivity index (χ3v) is 3.13. The van der Waals surface area contributed by atoms with Crippen LogP contribution in [-0.4, -0.2) is 22.3 Å². The molecule has 0 aliphatic carbocycles. The Balaban J connectivity index is 1.96. The Morgan fingerprint density at radius 2 is 2.10 bits per heavy atom. The van der Waals surface area contributed by atoms with Crippen LogP contribution < -0.4 is 10.1 Å². The highest BCUT2D eigenvalue weighted by Crippen LogP contribution is 2.18. The fourth-order valence-corrected chi connectivity index (χ4v) is 1.98. The van der Waals surface area contributed by atoms with E-state index >= 15 is 0 Å². The molecule has 2 aromatic rings. The van der Waals surface area contributed by atoms with Gasteiger partial charge in [0.15, 0.2) is 6.61 Å². The van der Waals surface area contributed by atoms with E-state index < -0.39 is 0 Å². The van der Waals surface area contributed by atoms with Gasteiger partial charge < -0.3 is 10.1 Å². The summed E-state index contributed by atoms with van der Waals surface area (Å²) in [7, 11) is 1.85. The molecular weight excluding hydrogens is 254 g/mol. The smallest absolute Gasteiger partial charge is 0.262 e. The summed E-state index contributed by atoms with van der Waals surface area (Å²) in [6.45, 7) is 5.74. The number of hydrogen-bond donors (Lipinski definition) is 1. The fraction of sp³-hybridized carbons (Fsp3) is 0.333. The number of aromatic nitrogens is 2. The average Bonchev–Trinajstić information content (AvgIpc) is 2.63. The van der Waals surface area contributed by atoms with Crippen LogP contribution >= 0.6 is 0 Å². The second-order valence-electron chi connectivity index (χ2n) is 4.82. The van der Waals surface area contributed by atoms with Crippen molar-refractivity contribution in [3.63, 3.8) is 0 Å². The minimum absolute atomic E-state index is 0.0166. The minimum atomic E-state index is -0.189. The SMILES string of the molecule is Cc1cccc(OCC(=O)Nc2c(C)nn(C)c2C)c1. The first-order valence-corrected chi connectivity index (χ1v) is 6.47. The van der Waals surface area contributed by atoms with E-state index in [2.05, 4.69) is 10.4 Å². The number of benzene rings is 1. The van der Waals surface area contributed by atoms with E-state index in [9.17, 15) is 4.79 Å². The van der Waals surface area contributed by atoms with Gasteiger partial charge in [-0.3, -0.25) is 9.48 Å². The third-order valence-electron chi connectivity index (χ3n) is 3.13. The van der Waals surface area contributed by atoms with E-state index in [1.165, 1.54) is 0 Å². The Bertz CT molecular complexity index is 632. The molecule has 1 heterocycles. The van der Waals surface area contributed by atoms with Crippen LogP contribution in [-0.2, 0) is 11.8 Å². The van der Waals surface area contributed by atoms with Gasteiger partial charge in [-0.05, 0) is 38.5 Å². The summed E-state index contributed by atoms with van der Waals surface area (Å²) in [4.78, 5) is 11.9. The summed E-state index contributed by atoms with van der Waals surface area (Å²) in [5.74, 6) is 0.505. The first-order valence-electron chi connectivity index (χ1n) is 6.47. The molecule has 0 bridgehead atoms. The lowest BCUT2D eigenvalue weighted by Crippen LogP contribution is -2.20. The largest absolute Gasteiger partial charge is 0.484 e. The van der Waals surface area contributed by atoms with Gasteiger partial charge in [0.25, 0.3) is 5.91 Å². The zero-order chi connectivity index (χ0) is 14.7. The molecule has 0 spiro atoms. The highest BCUT2D eigenvalue weighted by Gasteiger charge is 2.12. The number of ether oxygens (including phenoxy) is 1. The molecular formula is C15H19N3O2. The predicted octanol–water partition coefficient (Wildman–Crippen LogP) is 2.36. The Kier molecular flexibility index (Phi) is 4.08. The van der Waals surface area contributed by atoms with Crippen molar-refractivity contribution in [3.05, 3.63) is 41.2 Å². The van der Waals surface area contributed by atoms with Crippen LogP contribution in [0.2, 0.25) is 0 Å². The van der Waals surface area contributed by atoms with Crippen LogP contribution in [0.3, 0.4) is 0 Å². The van der Waals surface area contributed by atoms with Crippen molar-refractivity contribution in [1.82, 2.24) is 9.78 Å². The second-order valence-corrected chi connectivity index (χ2v) is 4.82. The summed E-state index contributed by atoms with van der Waals surface area (Å²) < 4.78 is 7.21. The van der Waals surface area contributed by atoms with Gasteiger partial charge >= 0.3 is 0 Å². The number of rotatable bonds is 4. The van der Waals surface area contributed by atoms with Crippen molar-refractivity contribution in [3.8, 4) is 5.75 Å². The predicted molar refractivity (Wildman–Crippen MR) is 78.0 cm³/mol. The highest BCUT2D eigenvalue weighted by molar-refractivity contribution is 5.93. The Labute approximate surface area is 118 Å². The van der Waals surface area contributed by atoms with Crippen molar-refractivity contribution < 1.29 is 9.53 Å². The maximum Gasteiger partial charge on any atom is 0.262 e. The molecule has 106 valence electrons. The van der Waals surface area contributed by atoms with Crippen molar-refractivity contribution in [2.45, 2.75) is 20.8 Å². The molecule has 1 amide bonds. The van der Waals surface area contributed by atoms with Crippen molar-refractivity contribution in [1.29, 1.82) is 0 Å². The molecule has 1 aromatic carbocycles. The molecule has 0 aliphatic rings. The van der Waals surface area contributed by atoms with Gasteiger partial charge in [-0.2, -0.15) is 5.10 Å². The fourth-order valence-electron chi connectivity index (χ4n) is 1.98. The van der Waals surface area contributed by atoms with Crippen molar-refractivity contribution in [2.24, 2.45) is 7.05 Å². The van der Waals surface area contributed by atoms with Gasteiger partial charge in [0.05, 0.1) is 17.1 Å². The normalized spacial score (nSPS) is 10.4. The van der Waals surface area contributed by atoms with Gasteiger partial charge in [-0.25, -0.2) is 0 Å². The molecule has 2 rings (SSSR count). The molecule has 0 saturated heterocycles. The second kappa shape index (κ2) is 5.77. The Morgan fingerprint density at radius 3 is 2.70 bits per heavy atom. The van der Waals surface area contributed by atoms with Crippen LogP contribution in [0.4, 0.5) is 5.69 Å². The number of amides is 1. The number of aryl methyl sites for hydroxylation is 3. The zero-order valence-electron chi connectivity index (χ0n) is 12.2. The highest BCUT2D eigenvalue weighted by atomic mass is 16.5. The lowest BCUT2D eigenvalue weighted by Gasteiger charge is -2.08. The third kappa shape index (κ3) is 3.17. The number of nitrogens with zero attached hydrogens (tertiary/aromatic N) is 2. The van der Waals surface area contributed by atoms with E-state index in [0.29, 0.717) is 5.75 Å². The van der Waals surface area contributed by atoms with Crippen LogP contribution in [0, 0.1) is 20.8 Å². The average molecular weight is 273 g/mol. The lowest BCUT2D eigenvalue weighted by atomic mass is 10.2. The zero-order valence-corrected chi connectivity index (χ0v) is 12.2. The number of carbonyl (C=O) groups excluding carboxylic acids is 1. The Hall–Kier alpha value is -2.30. The first-order chi connectivity index (χ1) is 9.47. The van der Waals surface area contributed by atoms with Crippen molar-refractivity contribution >= 4 is 11.6 Å². The molecule has 20 heavy (non-hydrogen) atoms. The van der Waals surface area contributed by atoms with Gasteiger partial charge in [0.1, 0.15) is 5.75 Å². The van der Waals surface area contributed by atoms with Crippen LogP contribution in [0.25, 0.3) is 0 Å². The van der Waals surface area contributed by atoms with Gasteiger partial charge in [-0.1, -0.05) is 12.1 Å². The standard InChI is InChI=1S/C15H19N3O2/c1-10-6-5-7-13(8-10)20-9-14(19)16-15-11(2)17-18(4)12(15)3/h5-8H,9H2,1-4H3,(H,16,19). The van der Waals surface area contributed by atoms with Gasteiger partial charge in [0, 0.05) is 7.05 Å². The van der Waals surface area contributed by atoms with E-state index in [1.807, 2.05) is 52.1 Å². The number of anilines is 1. The summed E-state index contributed by atoms with van der Waals surface area (Å²) >= 11 is 0. The topological polar surface area (TPSA) is 56.1 Å². The summed E-state index contributed by atoms with van der Waals surface area (Å²) in [6.07, 6.45) is 0. The molecule has 0 saturated carbocycles. The van der Waals surface area contributed by atoms with Gasteiger partial charge in [-0.15, -0.1) is 0 Å². The number of hydrogen-bond acceptors (Lipinski definition) is 3. The molecule has 1 aromatic heterocycles. The molecule has 1 N–H and O–H groups in total.